The van der Waals surface area contributed by atoms with Crippen LogP contribution in [0.25, 0.3) is 0 Å². The maximum atomic E-state index is 6.10. The van der Waals surface area contributed by atoms with Crippen molar-refractivity contribution in [2.75, 3.05) is 5.43 Å². The quantitative estimate of drug-likeness (QED) is 0.456. The molecule has 0 unspecified atom stereocenters. The Morgan fingerprint density at radius 3 is 2.10 bits per heavy atom. The third-order valence-corrected chi connectivity index (χ3v) is 4.00. The van der Waals surface area contributed by atoms with E-state index in [0.717, 1.165) is 10.0 Å². The summed E-state index contributed by atoms with van der Waals surface area (Å²) in [6, 6.07) is 10.6. The van der Waals surface area contributed by atoms with Gasteiger partial charge in [-0.05, 0) is 24.3 Å². The van der Waals surface area contributed by atoms with E-state index >= 15 is 0 Å². The van der Waals surface area contributed by atoms with Crippen molar-refractivity contribution in [3.05, 3.63) is 61.5 Å². The van der Waals surface area contributed by atoms with Gasteiger partial charge >= 0.3 is 0 Å². The van der Waals surface area contributed by atoms with Crippen LogP contribution in [0.15, 0.2) is 46.0 Å². The lowest BCUT2D eigenvalue weighted by molar-refractivity contribution is 1.34. The van der Waals surface area contributed by atoms with Gasteiger partial charge in [0.25, 0.3) is 0 Å². The highest BCUT2D eigenvalue weighted by molar-refractivity contribution is 9.10. The van der Waals surface area contributed by atoms with Crippen molar-refractivity contribution in [2.45, 2.75) is 0 Å². The van der Waals surface area contributed by atoms with E-state index in [-0.39, 0.29) is 0 Å². The largest absolute Gasteiger partial charge is 0.274 e. The molecule has 0 aliphatic rings. The summed E-state index contributed by atoms with van der Waals surface area (Å²) in [6.07, 6.45) is 0. The SMILES string of the molecule is Cl/C(=N\Nc1c(Cl)cc(Cl)cc1Cl)c1ccc(Br)cc1. The van der Waals surface area contributed by atoms with Gasteiger partial charge in [0, 0.05) is 15.1 Å². The van der Waals surface area contributed by atoms with E-state index in [9.17, 15) is 0 Å². The summed E-state index contributed by atoms with van der Waals surface area (Å²) in [6.45, 7) is 0. The van der Waals surface area contributed by atoms with Crippen molar-refractivity contribution in [3.63, 3.8) is 0 Å². The van der Waals surface area contributed by atoms with E-state index in [1.54, 1.807) is 12.1 Å². The lowest BCUT2D eigenvalue weighted by Crippen LogP contribution is -1.98. The summed E-state index contributed by atoms with van der Waals surface area (Å²) in [5, 5.41) is 5.53. The average Bonchev–Trinajstić information content (AvgIpc) is 2.38. The molecule has 0 aliphatic heterocycles. The van der Waals surface area contributed by atoms with Gasteiger partial charge in [0.2, 0.25) is 0 Å². The smallest absolute Gasteiger partial charge is 0.156 e. The standard InChI is InChI=1S/C13H7BrCl4N2/c14-8-3-1-7(2-4-8)13(18)20-19-12-10(16)5-9(15)6-11(12)17/h1-6,19H/b20-13-. The molecule has 0 saturated carbocycles. The zero-order valence-electron chi connectivity index (χ0n) is 9.80. The fourth-order valence-corrected chi connectivity index (χ4v) is 2.74. The number of hydrogen-bond acceptors (Lipinski definition) is 2. The fraction of sp³-hybridized carbons (Fsp3) is 0. The molecule has 2 aromatic carbocycles. The van der Waals surface area contributed by atoms with Gasteiger partial charge < -0.3 is 0 Å². The molecule has 0 saturated heterocycles. The molecule has 0 aromatic heterocycles. The maximum absolute atomic E-state index is 6.10. The van der Waals surface area contributed by atoms with Gasteiger partial charge in [0.1, 0.15) is 0 Å². The van der Waals surface area contributed by atoms with Crippen molar-refractivity contribution >= 4 is 73.2 Å². The Hall–Kier alpha value is -0.450. The summed E-state index contributed by atoms with van der Waals surface area (Å²) in [7, 11) is 0. The summed E-state index contributed by atoms with van der Waals surface area (Å²) >= 11 is 27.4. The van der Waals surface area contributed by atoms with Crippen molar-refractivity contribution in [1.29, 1.82) is 0 Å². The monoisotopic (exact) mass is 410 g/mol. The molecule has 0 spiro atoms. The highest BCUT2D eigenvalue weighted by Crippen LogP contribution is 2.33. The van der Waals surface area contributed by atoms with Gasteiger partial charge in [0.05, 0.1) is 15.7 Å². The van der Waals surface area contributed by atoms with Crippen molar-refractivity contribution < 1.29 is 0 Å². The van der Waals surface area contributed by atoms with E-state index in [4.69, 9.17) is 46.4 Å². The predicted molar refractivity (Wildman–Crippen MR) is 91.6 cm³/mol. The fourth-order valence-electron chi connectivity index (χ4n) is 1.41. The molecule has 20 heavy (non-hydrogen) atoms. The first kappa shape index (κ1) is 15.9. The van der Waals surface area contributed by atoms with Crippen LogP contribution in [0, 0.1) is 0 Å². The number of halogens is 5. The van der Waals surface area contributed by atoms with E-state index in [1.165, 1.54) is 0 Å². The molecule has 0 bridgehead atoms. The van der Waals surface area contributed by atoms with E-state index in [0.29, 0.717) is 25.9 Å². The molecule has 0 radical (unpaired) electrons. The number of anilines is 1. The summed E-state index contributed by atoms with van der Waals surface area (Å²) in [4.78, 5) is 0. The van der Waals surface area contributed by atoms with Gasteiger partial charge in [-0.15, -0.1) is 0 Å². The van der Waals surface area contributed by atoms with Crippen LogP contribution in [-0.4, -0.2) is 5.17 Å². The van der Waals surface area contributed by atoms with Gasteiger partial charge in [-0.1, -0.05) is 74.5 Å². The first-order chi connectivity index (χ1) is 9.47. The van der Waals surface area contributed by atoms with Gasteiger partial charge in [0.15, 0.2) is 5.17 Å². The molecule has 2 nitrogen and oxygen atoms in total. The first-order valence-electron chi connectivity index (χ1n) is 5.37. The second kappa shape index (κ2) is 7.01. The summed E-state index contributed by atoms with van der Waals surface area (Å²) in [5.74, 6) is 0. The number of nitrogens with zero attached hydrogens (tertiary/aromatic N) is 1. The minimum absolute atomic E-state index is 0.291. The Labute approximate surface area is 144 Å². The van der Waals surface area contributed by atoms with Crippen LogP contribution in [0.3, 0.4) is 0 Å². The topological polar surface area (TPSA) is 24.4 Å². The number of rotatable bonds is 3. The van der Waals surface area contributed by atoms with Crippen LogP contribution in [0.2, 0.25) is 15.1 Å². The molecule has 0 aliphatic carbocycles. The minimum Gasteiger partial charge on any atom is -0.274 e. The van der Waals surface area contributed by atoms with Crippen molar-refractivity contribution in [1.82, 2.24) is 0 Å². The molecular weight excluding hydrogens is 406 g/mol. The molecule has 2 rings (SSSR count). The van der Waals surface area contributed by atoms with E-state index in [2.05, 4.69) is 26.5 Å². The van der Waals surface area contributed by atoms with Crippen LogP contribution >= 0.6 is 62.3 Å². The zero-order valence-corrected chi connectivity index (χ0v) is 14.4. The van der Waals surface area contributed by atoms with E-state index in [1.807, 2.05) is 24.3 Å². The normalized spacial score (nSPS) is 11.6. The third-order valence-electron chi connectivity index (χ3n) is 2.36. The Balaban J connectivity index is 2.23. The Morgan fingerprint density at radius 1 is 1.00 bits per heavy atom. The molecule has 2 aromatic rings. The molecule has 0 fully saturated rings. The number of nitrogens with one attached hydrogen (secondary N) is 1. The molecule has 0 atom stereocenters. The summed E-state index contributed by atoms with van der Waals surface area (Å²) < 4.78 is 0.961. The number of benzene rings is 2. The minimum atomic E-state index is 0.291. The number of hydrazone groups is 1. The lowest BCUT2D eigenvalue weighted by atomic mass is 10.2. The first-order valence-corrected chi connectivity index (χ1v) is 7.67. The summed E-state index contributed by atoms with van der Waals surface area (Å²) in [5.41, 5.74) is 3.96. The maximum Gasteiger partial charge on any atom is 0.156 e. The molecule has 0 amide bonds. The lowest BCUT2D eigenvalue weighted by Gasteiger charge is -2.07. The van der Waals surface area contributed by atoms with Crippen LogP contribution in [0.5, 0.6) is 0 Å². The highest BCUT2D eigenvalue weighted by atomic mass is 79.9. The van der Waals surface area contributed by atoms with E-state index < -0.39 is 0 Å². The predicted octanol–water partition coefficient (Wildman–Crippen LogP) is 6.42. The molecule has 7 heteroatoms. The van der Waals surface area contributed by atoms with Gasteiger partial charge in [-0.3, -0.25) is 5.43 Å². The highest BCUT2D eigenvalue weighted by Gasteiger charge is 2.07. The van der Waals surface area contributed by atoms with Crippen LogP contribution in [0.1, 0.15) is 5.56 Å². The molecule has 1 N–H and O–H groups in total. The van der Waals surface area contributed by atoms with Gasteiger partial charge in [-0.25, -0.2) is 0 Å². The molecule has 104 valence electrons. The number of hydrogen-bond donors (Lipinski definition) is 1. The Morgan fingerprint density at radius 2 is 1.55 bits per heavy atom. The Bertz CT molecular complexity index is 633. The van der Waals surface area contributed by atoms with Crippen molar-refractivity contribution in [2.24, 2.45) is 5.10 Å². The average molecular weight is 413 g/mol. The van der Waals surface area contributed by atoms with Crippen molar-refractivity contribution in [3.8, 4) is 0 Å². The Kier molecular flexibility index (Phi) is 5.58. The van der Waals surface area contributed by atoms with Crippen LogP contribution < -0.4 is 5.43 Å². The molecule has 0 heterocycles. The molecular formula is C13H7BrCl4N2. The second-order valence-electron chi connectivity index (χ2n) is 3.77. The second-order valence-corrected chi connectivity index (χ2v) is 6.29. The zero-order chi connectivity index (χ0) is 14.7. The van der Waals surface area contributed by atoms with Crippen LogP contribution in [0.4, 0.5) is 5.69 Å². The third kappa shape index (κ3) is 4.03. The van der Waals surface area contributed by atoms with Crippen LogP contribution in [-0.2, 0) is 0 Å². The van der Waals surface area contributed by atoms with Gasteiger partial charge in [-0.2, -0.15) is 5.10 Å².